The van der Waals surface area contributed by atoms with E-state index >= 15 is 0 Å². The zero-order valence-corrected chi connectivity index (χ0v) is 62.7. The van der Waals surface area contributed by atoms with Crippen molar-refractivity contribution in [1.82, 2.24) is 0 Å². The molecule has 0 bridgehead atoms. The van der Waals surface area contributed by atoms with Crippen LogP contribution in [0.4, 0.5) is 0 Å². The lowest BCUT2D eigenvalue weighted by molar-refractivity contribution is -0.161. The molecule has 4 unspecified atom stereocenters. The molecule has 17 nitrogen and oxygen atoms in total. The maximum atomic E-state index is 13.1. The fraction of sp³-hybridized carbons (Fsp3) is 0.946. The summed E-state index contributed by atoms with van der Waals surface area (Å²) in [4.78, 5) is 72.7. The lowest BCUT2D eigenvalue weighted by Crippen LogP contribution is -2.30. The number of hydrogen-bond acceptors (Lipinski definition) is 15. The number of aliphatic hydroxyl groups excluding tert-OH is 1. The number of phosphoric ester groups is 2. The van der Waals surface area contributed by atoms with Crippen molar-refractivity contribution in [2.45, 2.75) is 388 Å². The number of phosphoric acid groups is 2. The number of unbranched alkanes of at least 4 members (excludes halogenated alkanes) is 36. The Kier molecular flexibility index (Phi) is 62.2. The highest BCUT2D eigenvalue weighted by molar-refractivity contribution is 7.47. The van der Waals surface area contributed by atoms with Gasteiger partial charge in [-0.3, -0.25) is 37.3 Å². The van der Waals surface area contributed by atoms with E-state index in [2.05, 4.69) is 55.4 Å². The van der Waals surface area contributed by atoms with Gasteiger partial charge in [0.05, 0.1) is 26.4 Å². The average Bonchev–Trinajstić information content (AvgIpc) is 2.55. The molecule has 6 atom stereocenters. The van der Waals surface area contributed by atoms with Crippen LogP contribution in [-0.2, 0) is 65.4 Å². The molecule has 93 heavy (non-hydrogen) atoms. The van der Waals surface area contributed by atoms with Crippen LogP contribution < -0.4 is 0 Å². The second-order valence-electron chi connectivity index (χ2n) is 28.4. The summed E-state index contributed by atoms with van der Waals surface area (Å²) in [6.45, 7) is 14.2. The molecule has 0 radical (unpaired) electrons. The SMILES string of the molecule is CCC(C)CCCCCCCCCCC(=O)O[C@H](COC(=O)CCCCCCCCCC(C)C)COP(=O)(O)OCC(O)COP(=O)(O)OC[C@@H](COC(=O)CCCCCCCCCCCCCCC(C)C)OC(=O)CCCCCCCCCCCCCCCC(C)C. The van der Waals surface area contributed by atoms with E-state index in [-0.39, 0.29) is 25.7 Å². The molecule has 0 saturated carbocycles. The van der Waals surface area contributed by atoms with Crippen LogP contribution in [0, 0.1) is 23.7 Å². The number of carbonyl (C=O) groups excluding carboxylic acids is 4. The molecular weight excluding hydrogens is 1220 g/mol. The van der Waals surface area contributed by atoms with Crippen molar-refractivity contribution in [3.05, 3.63) is 0 Å². The van der Waals surface area contributed by atoms with Crippen molar-refractivity contribution < 1.29 is 80.2 Å². The number of esters is 4. The molecule has 0 rings (SSSR count). The minimum Gasteiger partial charge on any atom is -0.462 e. The van der Waals surface area contributed by atoms with Gasteiger partial charge >= 0.3 is 39.5 Å². The van der Waals surface area contributed by atoms with Crippen molar-refractivity contribution in [2.24, 2.45) is 23.7 Å². The van der Waals surface area contributed by atoms with Gasteiger partial charge in [0, 0.05) is 25.7 Å². The van der Waals surface area contributed by atoms with Gasteiger partial charge < -0.3 is 33.8 Å². The highest BCUT2D eigenvalue weighted by atomic mass is 31.2. The molecule has 0 aliphatic heterocycles. The summed E-state index contributed by atoms with van der Waals surface area (Å²) in [6, 6.07) is 0. The quantitative estimate of drug-likeness (QED) is 0.0222. The third-order valence-corrected chi connectivity index (χ3v) is 19.3. The fourth-order valence-corrected chi connectivity index (χ4v) is 12.7. The van der Waals surface area contributed by atoms with Crippen LogP contribution in [-0.4, -0.2) is 96.7 Å². The Morgan fingerprint density at radius 2 is 0.516 bits per heavy atom. The number of aliphatic hydroxyl groups is 1. The summed E-state index contributed by atoms with van der Waals surface area (Å²) in [5.41, 5.74) is 0. The van der Waals surface area contributed by atoms with E-state index in [9.17, 15) is 43.2 Å². The lowest BCUT2D eigenvalue weighted by atomic mass is 9.99. The highest BCUT2D eigenvalue weighted by Crippen LogP contribution is 2.45. The summed E-state index contributed by atoms with van der Waals surface area (Å²) >= 11 is 0. The van der Waals surface area contributed by atoms with Crippen LogP contribution in [0.1, 0.15) is 370 Å². The van der Waals surface area contributed by atoms with Crippen LogP contribution in [0.15, 0.2) is 0 Å². The van der Waals surface area contributed by atoms with Crippen molar-refractivity contribution >= 4 is 39.5 Å². The fourth-order valence-electron chi connectivity index (χ4n) is 11.2. The number of hydrogen-bond donors (Lipinski definition) is 3. The third-order valence-electron chi connectivity index (χ3n) is 17.4. The average molecular weight is 1370 g/mol. The van der Waals surface area contributed by atoms with Gasteiger partial charge in [0.15, 0.2) is 12.2 Å². The first kappa shape index (κ1) is 91.1. The molecule has 0 aromatic heterocycles. The zero-order valence-electron chi connectivity index (χ0n) is 60.9. The first-order valence-corrected chi connectivity index (χ1v) is 41.2. The van der Waals surface area contributed by atoms with Crippen LogP contribution in [0.3, 0.4) is 0 Å². The summed E-state index contributed by atoms with van der Waals surface area (Å²) in [5, 5.41) is 10.6. The Bertz CT molecular complexity index is 1840. The minimum absolute atomic E-state index is 0.104. The second-order valence-corrected chi connectivity index (χ2v) is 31.3. The molecule has 0 aromatic rings. The predicted octanol–water partition coefficient (Wildman–Crippen LogP) is 21.3. The molecule has 0 amide bonds. The van der Waals surface area contributed by atoms with Crippen molar-refractivity contribution in [3.63, 3.8) is 0 Å². The minimum atomic E-state index is -4.96. The van der Waals surface area contributed by atoms with Crippen molar-refractivity contribution in [1.29, 1.82) is 0 Å². The highest BCUT2D eigenvalue weighted by Gasteiger charge is 2.30. The van der Waals surface area contributed by atoms with Gasteiger partial charge in [0.25, 0.3) is 0 Å². The Morgan fingerprint density at radius 3 is 0.763 bits per heavy atom. The summed E-state index contributed by atoms with van der Waals surface area (Å²) < 4.78 is 68.4. The Hall–Kier alpha value is -1.94. The lowest BCUT2D eigenvalue weighted by Gasteiger charge is -2.21. The number of ether oxygens (including phenoxy) is 4. The van der Waals surface area contributed by atoms with Crippen LogP contribution in [0.5, 0.6) is 0 Å². The first-order chi connectivity index (χ1) is 44.6. The third kappa shape index (κ3) is 67.0. The molecule has 552 valence electrons. The van der Waals surface area contributed by atoms with E-state index in [4.69, 9.17) is 37.0 Å². The molecule has 0 fully saturated rings. The molecule has 0 aromatic carbocycles. The van der Waals surface area contributed by atoms with Gasteiger partial charge in [0.2, 0.25) is 0 Å². The molecule has 0 aliphatic rings. The molecule has 3 N–H and O–H groups in total. The van der Waals surface area contributed by atoms with Gasteiger partial charge in [-0.15, -0.1) is 0 Å². The van der Waals surface area contributed by atoms with E-state index < -0.39 is 97.5 Å². The summed E-state index contributed by atoms with van der Waals surface area (Å²) in [7, 11) is -9.91. The zero-order chi connectivity index (χ0) is 68.9. The predicted molar refractivity (Wildman–Crippen MR) is 377 cm³/mol. The largest absolute Gasteiger partial charge is 0.472 e. The van der Waals surface area contributed by atoms with E-state index in [1.807, 2.05) is 0 Å². The first-order valence-electron chi connectivity index (χ1n) is 38.2. The standard InChI is InChI=1S/C74H144O17P2/c1-9-67(8)53-45-37-29-23-24-32-41-49-57-74(79)91-70(61-85-72(77)55-47-39-33-25-28-36-44-52-66(6)7)63-89-93(82,83)87-59-68(75)58-86-92(80,81)88-62-69(60-84-71(76)54-46-38-30-21-17-14-13-16-20-27-35-43-51-65(4)5)90-73(78)56-48-40-31-22-18-12-10-11-15-19-26-34-42-50-64(2)3/h64-70,75H,9-63H2,1-8H3,(H,80,81)(H,82,83)/t67?,68?,69-,70-/m1/s1. The van der Waals surface area contributed by atoms with Crippen LogP contribution >= 0.6 is 15.6 Å². The van der Waals surface area contributed by atoms with Gasteiger partial charge in [-0.2, -0.15) is 0 Å². The van der Waals surface area contributed by atoms with E-state index in [1.165, 1.54) is 167 Å². The Morgan fingerprint density at radius 1 is 0.301 bits per heavy atom. The smallest absolute Gasteiger partial charge is 0.462 e. The Balaban J connectivity index is 5.26. The van der Waals surface area contributed by atoms with Crippen LogP contribution in [0.2, 0.25) is 0 Å². The molecular formula is C74H144O17P2. The molecule has 0 spiro atoms. The molecule has 19 heteroatoms. The van der Waals surface area contributed by atoms with Gasteiger partial charge in [-0.1, -0.05) is 319 Å². The maximum Gasteiger partial charge on any atom is 0.472 e. The monoisotopic (exact) mass is 1370 g/mol. The Labute approximate surface area is 568 Å². The molecule has 0 aliphatic carbocycles. The molecule has 0 saturated heterocycles. The topological polar surface area (TPSA) is 237 Å². The van der Waals surface area contributed by atoms with Crippen molar-refractivity contribution in [2.75, 3.05) is 39.6 Å². The molecule has 0 heterocycles. The van der Waals surface area contributed by atoms with E-state index in [1.54, 1.807) is 0 Å². The van der Waals surface area contributed by atoms with Gasteiger partial charge in [-0.05, 0) is 49.4 Å². The normalized spacial score (nSPS) is 14.5. The summed E-state index contributed by atoms with van der Waals surface area (Å²) in [6.07, 6.45) is 47.2. The maximum absolute atomic E-state index is 13.1. The number of carbonyl (C=O) groups is 4. The number of rotatable bonds is 71. The van der Waals surface area contributed by atoms with E-state index in [0.717, 1.165) is 114 Å². The van der Waals surface area contributed by atoms with Gasteiger partial charge in [-0.25, -0.2) is 9.13 Å². The van der Waals surface area contributed by atoms with Crippen LogP contribution in [0.25, 0.3) is 0 Å². The van der Waals surface area contributed by atoms with Crippen molar-refractivity contribution in [3.8, 4) is 0 Å². The second kappa shape index (κ2) is 63.5. The van der Waals surface area contributed by atoms with E-state index in [0.29, 0.717) is 31.6 Å². The van der Waals surface area contributed by atoms with Gasteiger partial charge in [0.1, 0.15) is 19.3 Å². The summed E-state index contributed by atoms with van der Waals surface area (Å²) in [5.74, 6) is 0.918.